The zero-order chi connectivity index (χ0) is 10.3. The molecule has 1 N–H and O–H groups in total. The van der Waals surface area contributed by atoms with Crippen LogP contribution in [-0.2, 0) is 9.59 Å². The van der Waals surface area contributed by atoms with Gasteiger partial charge in [0.05, 0.1) is 0 Å². The van der Waals surface area contributed by atoms with E-state index in [2.05, 4.69) is 0 Å². The first kappa shape index (κ1) is 9.44. The largest absolute Gasteiger partial charge is 0.480 e. The Balaban J connectivity index is 2.45. The Kier molecular flexibility index (Phi) is 1.98. The molecule has 0 aromatic rings. The summed E-state index contributed by atoms with van der Waals surface area (Å²) in [6.07, 6.45) is 4.52. The Labute approximate surface area is 82.8 Å². The van der Waals surface area contributed by atoms with Crippen LogP contribution in [0.2, 0.25) is 0 Å². The number of carboxylic acid groups (broad SMARTS) is 1. The summed E-state index contributed by atoms with van der Waals surface area (Å²) in [4.78, 5) is 23.1. The van der Waals surface area contributed by atoms with Crippen LogP contribution in [-0.4, -0.2) is 16.9 Å². The smallest absolute Gasteiger partial charge is 0.317 e. The molecule has 14 heavy (non-hydrogen) atoms. The van der Waals surface area contributed by atoms with Crippen LogP contribution in [0.25, 0.3) is 0 Å². The Bertz CT molecular complexity index is 329. The van der Waals surface area contributed by atoms with E-state index in [1.54, 1.807) is 0 Å². The molecule has 1 fully saturated rings. The number of ketones is 1. The topological polar surface area (TPSA) is 54.4 Å². The van der Waals surface area contributed by atoms with Gasteiger partial charge in [-0.1, -0.05) is 18.1 Å². The third-order valence-electron chi connectivity index (χ3n) is 3.62. The van der Waals surface area contributed by atoms with Gasteiger partial charge in [0.1, 0.15) is 5.41 Å². The molecular formula is C11H14O3. The summed E-state index contributed by atoms with van der Waals surface area (Å²) in [7, 11) is 0. The van der Waals surface area contributed by atoms with Crippen LogP contribution in [0.3, 0.4) is 0 Å². The van der Waals surface area contributed by atoms with Gasteiger partial charge < -0.3 is 5.11 Å². The molecule has 76 valence electrons. The van der Waals surface area contributed by atoms with Gasteiger partial charge in [-0.2, -0.15) is 0 Å². The fraction of sp³-hybridized carbons (Fsp3) is 0.636. The number of hydrogen-bond acceptors (Lipinski definition) is 2. The van der Waals surface area contributed by atoms with E-state index in [1.165, 1.54) is 0 Å². The summed E-state index contributed by atoms with van der Waals surface area (Å²) in [5.74, 6) is -1.11. The zero-order valence-electron chi connectivity index (χ0n) is 8.25. The van der Waals surface area contributed by atoms with Crippen LogP contribution in [0.15, 0.2) is 11.6 Å². The average Bonchev–Trinajstić information content (AvgIpc) is 2.12. The lowest BCUT2D eigenvalue weighted by Crippen LogP contribution is -2.48. The first-order chi connectivity index (χ1) is 6.58. The molecule has 0 spiro atoms. The average molecular weight is 194 g/mol. The van der Waals surface area contributed by atoms with Crippen LogP contribution >= 0.6 is 0 Å². The molecule has 2 unspecified atom stereocenters. The Morgan fingerprint density at radius 3 is 3.00 bits per heavy atom. The molecule has 3 heteroatoms. The second-order valence-corrected chi connectivity index (χ2v) is 4.35. The predicted octanol–water partition coefficient (Wildman–Crippen LogP) is 1.78. The summed E-state index contributed by atoms with van der Waals surface area (Å²) >= 11 is 0. The lowest BCUT2D eigenvalue weighted by molar-refractivity contribution is -0.159. The van der Waals surface area contributed by atoms with Crippen molar-refractivity contribution in [2.75, 3.05) is 0 Å². The molecule has 0 saturated heterocycles. The van der Waals surface area contributed by atoms with Gasteiger partial charge in [-0.3, -0.25) is 9.59 Å². The molecule has 0 radical (unpaired) electrons. The van der Waals surface area contributed by atoms with Gasteiger partial charge in [0.2, 0.25) is 0 Å². The van der Waals surface area contributed by atoms with Gasteiger partial charge in [0.25, 0.3) is 0 Å². The molecule has 2 rings (SSSR count). The summed E-state index contributed by atoms with van der Waals surface area (Å²) in [5, 5.41) is 9.15. The highest BCUT2D eigenvalue weighted by Crippen LogP contribution is 2.45. The van der Waals surface area contributed by atoms with E-state index < -0.39 is 11.4 Å². The van der Waals surface area contributed by atoms with Gasteiger partial charge in [-0.25, -0.2) is 0 Å². The molecule has 2 atom stereocenters. The Morgan fingerprint density at radius 2 is 2.36 bits per heavy atom. The molecule has 2 aliphatic carbocycles. The van der Waals surface area contributed by atoms with Crippen molar-refractivity contribution in [3.63, 3.8) is 0 Å². The molecule has 0 amide bonds. The lowest BCUT2D eigenvalue weighted by atomic mass is 9.61. The van der Waals surface area contributed by atoms with Gasteiger partial charge in [0, 0.05) is 5.92 Å². The van der Waals surface area contributed by atoms with Gasteiger partial charge in [0.15, 0.2) is 5.78 Å². The molecule has 3 nitrogen and oxygen atoms in total. The fourth-order valence-electron chi connectivity index (χ4n) is 2.61. The van der Waals surface area contributed by atoms with Crippen LogP contribution < -0.4 is 0 Å². The van der Waals surface area contributed by atoms with Crippen molar-refractivity contribution in [2.45, 2.75) is 32.6 Å². The second kappa shape index (κ2) is 2.94. The molecular weight excluding hydrogens is 180 g/mol. The van der Waals surface area contributed by atoms with E-state index in [9.17, 15) is 9.59 Å². The van der Waals surface area contributed by atoms with Gasteiger partial charge in [-0.05, 0) is 26.2 Å². The van der Waals surface area contributed by atoms with Crippen LogP contribution in [0.1, 0.15) is 32.6 Å². The maximum absolute atomic E-state index is 12.0. The minimum atomic E-state index is -1.08. The monoisotopic (exact) mass is 194 g/mol. The standard InChI is InChI=1S/C11H14O3/c1-7-4-6-11(10(13)14)5-2-3-8(7)9(11)12/h4,8H,2-3,5-6H2,1H3,(H,13,14). The number of carbonyl (C=O) groups excluding carboxylic acids is 1. The minimum absolute atomic E-state index is 0.0590. The number of Topliss-reactive ketones (excluding diaryl/α,β-unsaturated/α-hetero) is 1. The normalized spacial score (nSPS) is 36.5. The quantitative estimate of drug-likeness (QED) is 0.511. The molecule has 0 aliphatic heterocycles. The Hall–Kier alpha value is -1.12. The van der Waals surface area contributed by atoms with E-state index in [0.29, 0.717) is 12.8 Å². The van der Waals surface area contributed by atoms with Crippen LogP contribution in [0, 0.1) is 11.3 Å². The number of allylic oxidation sites excluding steroid dienone is 2. The van der Waals surface area contributed by atoms with Gasteiger partial charge in [-0.15, -0.1) is 0 Å². The molecule has 2 bridgehead atoms. The molecule has 0 aromatic carbocycles. The van der Waals surface area contributed by atoms with E-state index >= 15 is 0 Å². The van der Waals surface area contributed by atoms with E-state index in [4.69, 9.17) is 5.11 Å². The van der Waals surface area contributed by atoms with E-state index in [-0.39, 0.29) is 11.7 Å². The van der Waals surface area contributed by atoms with Crippen molar-refractivity contribution in [1.82, 2.24) is 0 Å². The van der Waals surface area contributed by atoms with Crippen molar-refractivity contribution in [3.8, 4) is 0 Å². The summed E-state index contributed by atoms with van der Waals surface area (Å²) in [5.41, 5.74) is -0.0193. The summed E-state index contributed by atoms with van der Waals surface area (Å²) in [6.45, 7) is 1.93. The first-order valence-electron chi connectivity index (χ1n) is 5.02. The highest BCUT2D eigenvalue weighted by molar-refractivity contribution is 6.06. The third kappa shape index (κ3) is 1.04. The van der Waals surface area contributed by atoms with Crippen molar-refractivity contribution < 1.29 is 14.7 Å². The third-order valence-corrected chi connectivity index (χ3v) is 3.62. The lowest BCUT2D eigenvalue weighted by Gasteiger charge is -2.39. The van der Waals surface area contributed by atoms with E-state index in [1.807, 2.05) is 13.0 Å². The highest BCUT2D eigenvalue weighted by Gasteiger charge is 2.52. The second-order valence-electron chi connectivity index (χ2n) is 4.35. The van der Waals surface area contributed by atoms with Crippen molar-refractivity contribution >= 4 is 11.8 Å². The van der Waals surface area contributed by atoms with Crippen molar-refractivity contribution in [3.05, 3.63) is 11.6 Å². The summed E-state index contributed by atoms with van der Waals surface area (Å²) in [6, 6.07) is 0. The molecule has 0 aromatic heterocycles. The number of hydrogen-bond donors (Lipinski definition) is 1. The Morgan fingerprint density at radius 1 is 1.64 bits per heavy atom. The number of carboxylic acids is 1. The van der Waals surface area contributed by atoms with E-state index in [0.717, 1.165) is 18.4 Å². The molecule has 1 saturated carbocycles. The van der Waals surface area contributed by atoms with Crippen LogP contribution in [0.5, 0.6) is 0 Å². The fourth-order valence-corrected chi connectivity index (χ4v) is 2.61. The molecule has 0 heterocycles. The zero-order valence-corrected chi connectivity index (χ0v) is 8.25. The van der Waals surface area contributed by atoms with Gasteiger partial charge >= 0.3 is 5.97 Å². The number of aliphatic carboxylic acids is 1. The maximum Gasteiger partial charge on any atom is 0.317 e. The van der Waals surface area contributed by atoms with Crippen molar-refractivity contribution in [2.24, 2.45) is 11.3 Å². The highest BCUT2D eigenvalue weighted by atomic mass is 16.4. The number of rotatable bonds is 1. The number of fused-ring (bicyclic) bond motifs is 2. The predicted molar refractivity (Wildman–Crippen MR) is 50.8 cm³/mol. The molecule has 2 aliphatic rings. The first-order valence-corrected chi connectivity index (χ1v) is 5.02. The number of carbonyl (C=O) groups is 2. The SMILES string of the molecule is CC1=CCC2(C(=O)O)CCCC1C2=O. The van der Waals surface area contributed by atoms with Crippen molar-refractivity contribution in [1.29, 1.82) is 0 Å². The van der Waals surface area contributed by atoms with Crippen LogP contribution in [0.4, 0.5) is 0 Å². The maximum atomic E-state index is 12.0. The summed E-state index contributed by atoms with van der Waals surface area (Å²) < 4.78 is 0. The minimum Gasteiger partial charge on any atom is -0.480 e.